The van der Waals surface area contributed by atoms with Gasteiger partial charge < -0.3 is 4.90 Å². The Bertz CT molecular complexity index is 1180. The minimum absolute atomic E-state index is 0.211. The van der Waals surface area contributed by atoms with Crippen LogP contribution in [0.4, 0.5) is 20.2 Å². The van der Waals surface area contributed by atoms with E-state index in [4.69, 9.17) is 16.4 Å². The maximum absolute atomic E-state index is 13.4. The Balaban J connectivity index is 1.48. The summed E-state index contributed by atoms with van der Waals surface area (Å²) in [7, 11) is -3.51. The third kappa shape index (κ3) is 4.46. The Hall–Kier alpha value is -2.13. The Labute approximate surface area is 183 Å². The van der Waals surface area contributed by atoms with E-state index in [0.717, 1.165) is 33.3 Å². The number of hydrogen-bond donors (Lipinski definition) is 2. The van der Waals surface area contributed by atoms with Crippen molar-refractivity contribution in [3.8, 4) is 0 Å². The van der Waals surface area contributed by atoms with Gasteiger partial charge in [-0.1, -0.05) is 35.5 Å². The highest BCUT2D eigenvalue weighted by atomic mass is 35.5. The monoisotopic (exact) mass is 465 g/mol. The van der Waals surface area contributed by atoms with Crippen molar-refractivity contribution < 1.29 is 13.0 Å². The average Bonchev–Trinajstić information content (AvgIpc) is 2.70. The van der Waals surface area contributed by atoms with Crippen LogP contribution in [-0.2, 0) is 9.92 Å². The van der Waals surface area contributed by atoms with E-state index >= 15 is 0 Å². The van der Waals surface area contributed by atoms with Gasteiger partial charge in [-0.05, 0) is 48.9 Å². The molecule has 0 saturated carbocycles. The Morgan fingerprint density at radius 3 is 2.47 bits per heavy atom. The molecule has 2 N–H and O–H groups in total. The summed E-state index contributed by atoms with van der Waals surface area (Å²) < 4.78 is 50.0. The first-order chi connectivity index (χ1) is 14.3. The number of halogens is 3. The highest BCUT2D eigenvalue weighted by Gasteiger charge is 2.23. The lowest BCUT2D eigenvalue weighted by molar-refractivity contribution is 0.574. The number of hydrogen-bond acceptors (Lipinski definition) is 4. The Morgan fingerprint density at radius 2 is 1.70 bits per heavy atom. The summed E-state index contributed by atoms with van der Waals surface area (Å²) >= 11 is 7.89. The minimum Gasteiger partial charge on any atom is -0.340 e. The predicted octanol–water partition coefficient (Wildman–Crippen LogP) is 6.22. The summed E-state index contributed by atoms with van der Waals surface area (Å²) in [6.07, 6.45) is 0.554. The van der Waals surface area contributed by atoms with E-state index in [1.54, 1.807) is 11.8 Å². The first kappa shape index (κ1) is 21.1. The summed E-state index contributed by atoms with van der Waals surface area (Å²) in [6.45, 7) is 0.827. The number of para-hydroxylation sites is 1. The molecule has 0 aromatic heterocycles. The molecule has 0 fully saturated rings. The molecule has 4 rings (SSSR count). The third-order valence-corrected chi connectivity index (χ3v) is 7.50. The van der Waals surface area contributed by atoms with Crippen LogP contribution in [0.1, 0.15) is 6.42 Å². The fourth-order valence-corrected chi connectivity index (χ4v) is 5.67. The SMILES string of the molecule is N=S(=O)(NCCCN1c2ccccc2Sc2ccc(Cl)cc21)c1cc(F)cc(F)c1. The van der Waals surface area contributed by atoms with Crippen LogP contribution in [0.5, 0.6) is 0 Å². The lowest BCUT2D eigenvalue weighted by atomic mass is 10.2. The van der Waals surface area contributed by atoms with Gasteiger partial charge in [0, 0.05) is 34.0 Å². The molecule has 0 radical (unpaired) electrons. The van der Waals surface area contributed by atoms with E-state index < -0.39 is 21.5 Å². The zero-order valence-corrected chi connectivity index (χ0v) is 18.1. The van der Waals surface area contributed by atoms with Crippen LogP contribution in [-0.4, -0.2) is 17.3 Å². The molecule has 3 aromatic rings. The van der Waals surface area contributed by atoms with Gasteiger partial charge in [-0.2, -0.15) is 0 Å². The van der Waals surface area contributed by atoms with Crippen molar-refractivity contribution in [2.24, 2.45) is 0 Å². The molecule has 1 atom stereocenters. The quantitative estimate of drug-likeness (QED) is 0.425. The van der Waals surface area contributed by atoms with Crippen molar-refractivity contribution >= 4 is 44.7 Å². The molecule has 0 aliphatic carbocycles. The normalized spacial score (nSPS) is 14.7. The molecule has 30 heavy (non-hydrogen) atoms. The van der Waals surface area contributed by atoms with Crippen LogP contribution < -0.4 is 9.62 Å². The summed E-state index contributed by atoms with van der Waals surface area (Å²) in [5.41, 5.74) is 2.04. The van der Waals surface area contributed by atoms with Crippen molar-refractivity contribution in [1.82, 2.24) is 4.72 Å². The van der Waals surface area contributed by atoms with Gasteiger partial charge in [0.1, 0.15) is 21.5 Å². The molecule has 3 aromatic carbocycles. The molecule has 4 nitrogen and oxygen atoms in total. The number of fused-ring (bicyclic) bond motifs is 2. The van der Waals surface area contributed by atoms with Gasteiger partial charge in [0.15, 0.2) is 0 Å². The average molecular weight is 466 g/mol. The van der Waals surface area contributed by atoms with Crippen LogP contribution in [0.25, 0.3) is 0 Å². The zero-order valence-electron chi connectivity index (χ0n) is 15.7. The summed E-state index contributed by atoms with van der Waals surface area (Å²) in [5, 5.41) is 0.638. The largest absolute Gasteiger partial charge is 0.340 e. The molecule has 1 aliphatic heterocycles. The number of anilines is 2. The number of nitrogens with one attached hydrogen (secondary N) is 2. The molecule has 156 valence electrons. The molecule has 9 heteroatoms. The van der Waals surface area contributed by atoms with Crippen molar-refractivity contribution in [3.05, 3.63) is 77.3 Å². The summed E-state index contributed by atoms with van der Waals surface area (Å²) in [4.78, 5) is 4.14. The van der Waals surface area contributed by atoms with Crippen molar-refractivity contribution in [1.29, 1.82) is 4.78 Å². The van der Waals surface area contributed by atoms with Gasteiger partial charge >= 0.3 is 0 Å². The molecule has 0 saturated heterocycles. The molecule has 0 amide bonds. The van der Waals surface area contributed by atoms with E-state index in [1.807, 2.05) is 36.4 Å². The molecule has 1 unspecified atom stereocenters. The standard InChI is InChI=1S/C21H18ClF2N3OS2/c22-14-6-7-21-19(10-14)27(18-4-1-2-5-20(18)29-21)9-3-8-26-30(25,28)17-12-15(23)11-16(24)13-17/h1-2,4-7,10-13H,3,8-9H2,(H2,25,26,28). The molecule has 1 heterocycles. The second kappa shape index (κ2) is 8.55. The lowest BCUT2D eigenvalue weighted by Gasteiger charge is -2.33. The summed E-state index contributed by atoms with van der Waals surface area (Å²) in [6, 6.07) is 16.3. The van der Waals surface area contributed by atoms with Crippen LogP contribution in [0.3, 0.4) is 0 Å². The maximum atomic E-state index is 13.4. The maximum Gasteiger partial charge on any atom is 0.134 e. The van der Waals surface area contributed by atoms with Crippen molar-refractivity contribution in [2.45, 2.75) is 21.1 Å². The van der Waals surface area contributed by atoms with Crippen LogP contribution in [0.2, 0.25) is 5.02 Å². The van der Waals surface area contributed by atoms with Crippen LogP contribution in [0.15, 0.2) is 75.4 Å². The molecule has 0 spiro atoms. The van der Waals surface area contributed by atoms with E-state index in [9.17, 15) is 13.0 Å². The Kier molecular flexibility index (Phi) is 6.02. The number of nitrogens with zero attached hydrogens (tertiary/aromatic N) is 1. The fraction of sp³-hybridized carbons (Fsp3) is 0.143. The first-order valence-corrected chi connectivity index (χ1v) is 11.9. The number of rotatable bonds is 6. The van der Waals surface area contributed by atoms with Gasteiger partial charge in [-0.15, -0.1) is 0 Å². The van der Waals surface area contributed by atoms with Gasteiger partial charge in [0.25, 0.3) is 0 Å². The molecule has 1 aliphatic rings. The van der Waals surface area contributed by atoms with Gasteiger partial charge in [-0.25, -0.2) is 22.5 Å². The fourth-order valence-electron chi connectivity index (χ4n) is 3.27. The Morgan fingerprint density at radius 1 is 1.00 bits per heavy atom. The van der Waals surface area contributed by atoms with E-state index in [2.05, 4.69) is 15.7 Å². The van der Waals surface area contributed by atoms with Crippen LogP contribution in [0, 0.1) is 16.4 Å². The van der Waals surface area contributed by atoms with Crippen molar-refractivity contribution in [3.63, 3.8) is 0 Å². The van der Waals surface area contributed by atoms with Gasteiger partial charge in [-0.3, -0.25) is 0 Å². The van der Waals surface area contributed by atoms with E-state index in [-0.39, 0.29) is 11.4 Å². The van der Waals surface area contributed by atoms with E-state index in [1.165, 1.54) is 0 Å². The smallest absolute Gasteiger partial charge is 0.134 e. The van der Waals surface area contributed by atoms with Gasteiger partial charge in [0.05, 0.1) is 16.3 Å². The zero-order chi connectivity index (χ0) is 21.3. The second-order valence-electron chi connectivity index (χ2n) is 6.74. The highest BCUT2D eigenvalue weighted by molar-refractivity contribution is 7.99. The lowest BCUT2D eigenvalue weighted by Crippen LogP contribution is -2.28. The van der Waals surface area contributed by atoms with Gasteiger partial charge in [0.2, 0.25) is 0 Å². The summed E-state index contributed by atoms with van der Waals surface area (Å²) in [5.74, 6) is -1.72. The molecular formula is C21H18ClF2N3OS2. The molecular weight excluding hydrogens is 448 g/mol. The van der Waals surface area contributed by atoms with Crippen LogP contribution >= 0.6 is 23.4 Å². The second-order valence-corrected chi connectivity index (χ2v) is 10.1. The molecule has 0 bridgehead atoms. The predicted molar refractivity (Wildman–Crippen MR) is 117 cm³/mol. The highest BCUT2D eigenvalue weighted by Crippen LogP contribution is 2.48. The third-order valence-electron chi connectivity index (χ3n) is 4.62. The van der Waals surface area contributed by atoms with Crippen molar-refractivity contribution in [2.75, 3.05) is 18.0 Å². The topological polar surface area (TPSA) is 56.2 Å². The minimum atomic E-state index is -3.51. The van der Waals surface area contributed by atoms with E-state index in [0.29, 0.717) is 24.1 Å². The number of benzene rings is 3. The first-order valence-electron chi connectivity index (χ1n) is 9.17.